The molecule has 0 aromatic heterocycles. The standard InChI is InChI=1S/C11H9BrN2O5/c12-8-2-1-5(3-9(8)14(18)19)13-10(15)6-4-7(6)11(16)17/h1-3,6-7H,4H2,(H,13,15)(H,16,17). The molecule has 1 aromatic rings. The lowest BCUT2D eigenvalue weighted by Crippen LogP contribution is -2.16. The van der Waals surface area contributed by atoms with Crippen molar-refractivity contribution in [2.75, 3.05) is 5.32 Å². The van der Waals surface area contributed by atoms with Crippen LogP contribution in [0.5, 0.6) is 0 Å². The van der Waals surface area contributed by atoms with Gasteiger partial charge in [-0.2, -0.15) is 0 Å². The molecule has 1 fully saturated rings. The zero-order valence-electron chi connectivity index (χ0n) is 9.50. The molecule has 7 nitrogen and oxygen atoms in total. The first-order chi connectivity index (χ1) is 8.90. The number of nitrogens with one attached hydrogen (secondary N) is 1. The highest BCUT2D eigenvalue weighted by atomic mass is 79.9. The van der Waals surface area contributed by atoms with Gasteiger partial charge in [-0.25, -0.2) is 0 Å². The molecule has 0 bridgehead atoms. The van der Waals surface area contributed by atoms with Crippen LogP contribution in [0.3, 0.4) is 0 Å². The van der Waals surface area contributed by atoms with Crippen LogP contribution >= 0.6 is 15.9 Å². The summed E-state index contributed by atoms with van der Waals surface area (Å²) in [5.41, 5.74) is 0.110. The second kappa shape index (κ2) is 4.96. The SMILES string of the molecule is O=C(O)C1CC1C(=O)Nc1ccc(Br)c([N+](=O)[O-])c1. The minimum Gasteiger partial charge on any atom is -0.481 e. The first-order valence-electron chi connectivity index (χ1n) is 5.37. The number of nitro benzene ring substituents is 1. The Hall–Kier alpha value is -1.96. The van der Waals surface area contributed by atoms with Crippen molar-refractivity contribution in [3.05, 3.63) is 32.8 Å². The van der Waals surface area contributed by atoms with E-state index in [0.29, 0.717) is 10.9 Å². The highest BCUT2D eigenvalue weighted by Crippen LogP contribution is 2.39. The number of rotatable bonds is 4. The summed E-state index contributed by atoms with van der Waals surface area (Å²) in [6.45, 7) is 0. The Labute approximate surface area is 115 Å². The van der Waals surface area contributed by atoms with Crippen LogP contribution in [0.25, 0.3) is 0 Å². The lowest BCUT2D eigenvalue weighted by molar-refractivity contribution is -0.385. The molecule has 100 valence electrons. The van der Waals surface area contributed by atoms with Crippen LogP contribution in [0, 0.1) is 22.0 Å². The molecule has 2 atom stereocenters. The number of carboxylic acid groups (broad SMARTS) is 1. The number of hydrogen-bond donors (Lipinski definition) is 2. The van der Waals surface area contributed by atoms with Crippen LogP contribution in [0.15, 0.2) is 22.7 Å². The highest BCUT2D eigenvalue weighted by Gasteiger charge is 2.48. The van der Waals surface area contributed by atoms with Gasteiger partial charge >= 0.3 is 5.97 Å². The van der Waals surface area contributed by atoms with E-state index in [9.17, 15) is 19.7 Å². The van der Waals surface area contributed by atoms with Crippen molar-refractivity contribution >= 4 is 39.2 Å². The summed E-state index contributed by atoms with van der Waals surface area (Å²) in [7, 11) is 0. The molecule has 0 saturated heterocycles. The number of halogens is 1. The zero-order chi connectivity index (χ0) is 14.2. The molecule has 8 heteroatoms. The Morgan fingerprint density at radius 3 is 2.63 bits per heavy atom. The summed E-state index contributed by atoms with van der Waals surface area (Å²) in [6, 6.07) is 4.18. The van der Waals surface area contributed by atoms with Crippen molar-refractivity contribution in [1.82, 2.24) is 0 Å². The van der Waals surface area contributed by atoms with E-state index in [1.54, 1.807) is 0 Å². The van der Waals surface area contributed by atoms with Crippen LogP contribution in [0.4, 0.5) is 11.4 Å². The van der Waals surface area contributed by atoms with Gasteiger partial charge in [0.05, 0.1) is 21.2 Å². The number of amides is 1. The summed E-state index contributed by atoms with van der Waals surface area (Å²) in [4.78, 5) is 32.5. The second-order valence-corrected chi connectivity index (χ2v) is 5.05. The van der Waals surface area contributed by atoms with Gasteiger partial charge in [-0.15, -0.1) is 0 Å². The third-order valence-corrected chi connectivity index (χ3v) is 3.53. The van der Waals surface area contributed by atoms with E-state index in [1.165, 1.54) is 18.2 Å². The predicted octanol–water partition coefficient (Wildman–Crippen LogP) is 2.02. The number of anilines is 1. The number of carboxylic acids is 1. The molecule has 0 aliphatic heterocycles. The van der Waals surface area contributed by atoms with Crippen LogP contribution < -0.4 is 5.32 Å². The van der Waals surface area contributed by atoms with Gasteiger partial charge in [0.15, 0.2) is 0 Å². The molecule has 1 saturated carbocycles. The smallest absolute Gasteiger partial charge is 0.307 e. The Morgan fingerprint density at radius 2 is 2.11 bits per heavy atom. The topological polar surface area (TPSA) is 110 Å². The van der Waals surface area contributed by atoms with Crippen molar-refractivity contribution in [2.45, 2.75) is 6.42 Å². The maximum absolute atomic E-state index is 11.7. The highest BCUT2D eigenvalue weighted by molar-refractivity contribution is 9.10. The Balaban J connectivity index is 2.08. The number of aliphatic carboxylic acids is 1. The molecule has 2 rings (SSSR count). The zero-order valence-corrected chi connectivity index (χ0v) is 11.1. The van der Waals surface area contributed by atoms with E-state index >= 15 is 0 Å². The van der Waals surface area contributed by atoms with E-state index in [4.69, 9.17) is 5.11 Å². The average molecular weight is 329 g/mol. The minimum absolute atomic E-state index is 0.164. The molecule has 0 spiro atoms. The number of nitrogens with zero attached hydrogens (tertiary/aromatic N) is 1. The van der Waals surface area contributed by atoms with Crippen LogP contribution in [0.2, 0.25) is 0 Å². The van der Waals surface area contributed by atoms with Crippen molar-refractivity contribution in [3.8, 4) is 0 Å². The van der Waals surface area contributed by atoms with Gasteiger partial charge in [-0.3, -0.25) is 19.7 Å². The summed E-state index contributed by atoms with van der Waals surface area (Å²) in [5.74, 6) is -2.63. The minimum atomic E-state index is -0.998. The van der Waals surface area contributed by atoms with E-state index in [0.717, 1.165) is 0 Å². The second-order valence-electron chi connectivity index (χ2n) is 4.20. The van der Waals surface area contributed by atoms with E-state index in [-0.39, 0.29) is 11.4 Å². The number of hydrogen-bond acceptors (Lipinski definition) is 4. The first-order valence-corrected chi connectivity index (χ1v) is 6.17. The normalized spacial score (nSPS) is 20.7. The molecule has 2 unspecified atom stereocenters. The summed E-state index contributed by atoms with van der Waals surface area (Å²) < 4.78 is 0.310. The molecule has 2 N–H and O–H groups in total. The van der Waals surface area contributed by atoms with Gasteiger partial charge in [0, 0.05) is 11.8 Å². The first kappa shape index (κ1) is 13.5. The Morgan fingerprint density at radius 1 is 1.42 bits per heavy atom. The number of nitro groups is 1. The van der Waals surface area contributed by atoms with E-state index in [2.05, 4.69) is 21.2 Å². The van der Waals surface area contributed by atoms with E-state index < -0.39 is 28.6 Å². The average Bonchev–Trinajstić information content (AvgIpc) is 3.11. The molecule has 1 aromatic carbocycles. The van der Waals surface area contributed by atoms with Gasteiger partial charge < -0.3 is 10.4 Å². The van der Waals surface area contributed by atoms with Gasteiger partial charge in [0.2, 0.25) is 5.91 Å². The molecule has 0 heterocycles. The quantitative estimate of drug-likeness (QED) is 0.649. The van der Waals surface area contributed by atoms with Gasteiger partial charge in [-0.1, -0.05) is 0 Å². The summed E-state index contributed by atoms with van der Waals surface area (Å²) in [5, 5.41) is 21.9. The maximum Gasteiger partial charge on any atom is 0.307 e. The molecule has 1 aliphatic carbocycles. The van der Waals surface area contributed by atoms with Crippen molar-refractivity contribution < 1.29 is 19.6 Å². The van der Waals surface area contributed by atoms with Gasteiger partial charge in [0.25, 0.3) is 5.69 Å². The van der Waals surface area contributed by atoms with E-state index in [1.807, 2.05) is 0 Å². The fourth-order valence-electron chi connectivity index (χ4n) is 1.72. The van der Waals surface area contributed by atoms with Gasteiger partial charge in [0.1, 0.15) is 0 Å². The fraction of sp³-hybridized carbons (Fsp3) is 0.273. The van der Waals surface area contributed by atoms with Crippen molar-refractivity contribution in [3.63, 3.8) is 0 Å². The molecular weight excluding hydrogens is 320 g/mol. The third kappa shape index (κ3) is 2.90. The predicted molar refractivity (Wildman–Crippen MR) is 68.7 cm³/mol. The van der Waals surface area contributed by atoms with Crippen molar-refractivity contribution in [1.29, 1.82) is 0 Å². The lowest BCUT2D eigenvalue weighted by Gasteiger charge is -2.05. The molecule has 1 amide bonds. The lowest BCUT2D eigenvalue weighted by atomic mass is 10.2. The molecular formula is C11H9BrN2O5. The fourth-order valence-corrected chi connectivity index (χ4v) is 2.11. The number of carbonyl (C=O) groups excluding carboxylic acids is 1. The van der Waals surface area contributed by atoms with Crippen LogP contribution in [-0.4, -0.2) is 21.9 Å². The number of benzene rings is 1. The molecule has 19 heavy (non-hydrogen) atoms. The largest absolute Gasteiger partial charge is 0.481 e. The molecule has 1 aliphatic rings. The summed E-state index contributed by atoms with van der Waals surface area (Å²) >= 11 is 3.04. The Kier molecular flexibility index (Phi) is 3.52. The van der Waals surface area contributed by atoms with Gasteiger partial charge in [-0.05, 0) is 34.5 Å². The Bertz CT molecular complexity index is 574. The van der Waals surface area contributed by atoms with Crippen LogP contribution in [0.1, 0.15) is 6.42 Å². The molecule has 0 radical (unpaired) electrons. The van der Waals surface area contributed by atoms with Crippen LogP contribution in [-0.2, 0) is 9.59 Å². The van der Waals surface area contributed by atoms with Crippen molar-refractivity contribution in [2.24, 2.45) is 11.8 Å². The number of carbonyl (C=O) groups is 2. The third-order valence-electron chi connectivity index (χ3n) is 2.85. The monoisotopic (exact) mass is 328 g/mol. The summed E-state index contributed by atoms with van der Waals surface area (Å²) in [6.07, 6.45) is 0.305. The maximum atomic E-state index is 11.7.